The van der Waals surface area contributed by atoms with Crippen molar-refractivity contribution in [1.82, 2.24) is 4.57 Å². The largest absolute Gasteiger partial charge is 0.319 e. The first-order chi connectivity index (χ1) is 13.2. The van der Waals surface area contributed by atoms with Gasteiger partial charge in [0.05, 0.1) is 20.9 Å². The molecule has 0 radical (unpaired) electrons. The Morgan fingerprint density at radius 3 is 2.50 bits per heavy atom. The fraction of sp³-hybridized carbons (Fsp3) is 0.263. The van der Waals surface area contributed by atoms with Crippen molar-refractivity contribution in [3.8, 4) is 0 Å². The average Bonchev–Trinajstić information content (AvgIpc) is 2.95. The van der Waals surface area contributed by atoms with Gasteiger partial charge >= 0.3 is 0 Å². The quantitative estimate of drug-likeness (QED) is 0.565. The standard InChI is InChI=1S/C19H18Cl2N2O3S2/c1-12-15(21)9-10-16-18(12)23(2)19(27-16)22-17(24)4-3-11-28(25,26)14-7-5-13(20)6-8-14/h5-10H,3-4,11H2,1-2H3. The summed E-state index contributed by atoms with van der Waals surface area (Å²) in [5.74, 6) is -0.472. The molecule has 28 heavy (non-hydrogen) atoms. The first kappa shape index (κ1) is 21.0. The topological polar surface area (TPSA) is 68.5 Å². The molecule has 0 atom stereocenters. The van der Waals surface area contributed by atoms with Crippen LogP contribution in [0.1, 0.15) is 18.4 Å². The zero-order valence-electron chi connectivity index (χ0n) is 15.3. The summed E-state index contributed by atoms with van der Waals surface area (Å²) < 4.78 is 27.5. The molecule has 0 bridgehead atoms. The minimum absolute atomic E-state index is 0.0564. The predicted octanol–water partition coefficient (Wildman–Crippen LogP) is 4.54. The molecule has 3 rings (SSSR count). The number of hydrogen-bond acceptors (Lipinski definition) is 4. The summed E-state index contributed by atoms with van der Waals surface area (Å²) in [7, 11) is -1.62. The van der Waals surface area contributed by atoms with Gasteiger partial charge in [-0.3, -0.25) is 4.79 Å². The summed E-state index contributed by atoms with van der Waals surface area (Å²) in [6.45, 7) is 1.92. The summed E-state index contributed by atoms with van der Waals surface area (Å²) in [5.41, 5.74) is 1.87. The van der Waals surface area contributed by atoms with E-state index in [0.29, 0.717) is 14.8 Å². The predicted molar refractivity (Wildman–Crippen MR) is 114 cm³/mol. The molecule has 0 saturated carbocycles. The zero-order chi connectivity index (χ0) is 20.5. The fourth-order valence-electron chi connectivity index (χ4n) is 2.85. The van der Waals surface area contributed by atoms with Crippen molar-refractivity contribution >= 4 is 60.5 Å². The van der Waals surface area contributed by atoms with E-state index in [1.807, 2.05) is 30.7 Å². The van der Waals surface area contributed by atoms with Crippen molar-refractivity contribution in [2.45, 2.75) is 24.7 Å². The smallest absolute Gasteiger partial charge is 0.248 e. The Bertz CT molecular complexity index is 1210. The van der Waals surface area contributed by atoms with E-state index in [9.17, 15) is 13.2 Å². The van der Waals surface area contributed by atoms with Crippen molar-refractivity contribution in [3.05, 3.63) is 56.8 Å². The molecule has 2 aromatic carbocycles. The van der Waals surface area contributed by atoms with E-state index in [0.717, 1.165) is 15.8 Å². The first-order valence-corrected chi connectivity index (χ1v) is 11.7. The van der Waals surface area contributed by atoms with Crippen LogP contribution in [-0.4, -0.2) is 24.6 Å². The fourth-order valence-corrected chi connectivity index (χ4v) is 5.53. The number of carbonyl (C=O) groups excluding carboxylic acids is 1. The number of fused-ring (bicyclic) bond motifs is 1. The van der Waals surface area contributed by atoms with Crippen molar-refractivity contribution in [3.63, 3.8) is 0 Å². The van der Waals surface area contributed by atoms with Gasteiger partial charge in [-0.2, -0.15) is 4.99 Å². The molecule has 1 aromatic heterocycles. The van der Waals surface area contributed by atoms with Gasteiger partial charge in [0, 0.05) is 23.5 Å². The van der Waals surface area contributed by atoms with E-state index in [1.165, 1.54) is 35.6 Å². The Kier molecular flexibility index (Phi) is 6.29. The maximum Gasteiger partial charge on any atom is 0.248 e. The highest BCUT2D eigenvalue weighted by atomic mass is 35.5. The lowest BCUT2D eigenvalue weighted by molar-refractivity contribution is -0.118. The minimum atomic E-state index is -3.45. The molecule has 0 aliphatic carbocycles. The molecule has 5 nitrogen and oxygen atoms in total. The molecule has 1 heterocycles. The van der Waals surface area contributed by atoms with Gasteiger partial charge in [0.25, 0.3) is 0 Å². The molecule has 1 amide bonds. The van der Waals surface area contributed by atoms with Crippen molar-refractivity contribution in [2.24, 2.45) is 12.0 Å². The highest BCUT2D eigenvalue weighted by molar-refractivity contribution is 7.91. The number of carbonyl (C=O) groups is 1. The van der Waals surface area contributed by atoms with Gasteiger partial charge in [-0.05, 0) is 55.3 Å². The Balaban J connectivity index is 1.72. The van der Waals surface area contributed by atoms with Crippen LogP contribution in [0.2, 0.25) is 10.0 Å². The third kappa shape index (κ3) is 4.49. The molecule has 0 aliphatic rings. The summed E-state index contributed by atoms with van der Waals surface area (Å²) in [5, 5.41) is 1.13. The molecule has 9 heteroatoms. The highest BCUT2D eigenvalue weighted by Crippen LogP contribution is 2.26. The molecule has 0 fully saturated rings. The zero-order valence-corrected chi connectivity index (χ0v) is 18.4. The van der Waals surface area contributed by atoms with E-state index in [2.05, 4.69) is 4.99 Å². The number of benzene rings is 2. The summed E-state index contributed by atoms with van der Waals surface area (Å²) >= 11 is 13.4. The second-order valence-electron chi connectivity index (χ2n) is 6.34. The highest BCUT2D eigenvalue weighted by Gasteiger charge is 2.15. The number of aryl methyl sites for hydroxylation is 2. The molecule has 0 aliphatic heterocycles. The van der Waals surface area contributed by atoms with E-state index >= 15 is 0 Å². The molecule has 148 valence electrons. The van der Waals surface area contributed by atoms with Crippen molar-refractivity contribution in [1.29, 1.82) is 0 Å². The van der Waals surface area contributed by atoms with Gasteiger partial charge in [0.1, 0.15) is 0 Å². The first-order valence-electron chi connectivity index (χ1n) is 8.49. The van der Waals surface area contributed by atoms with E-state index in [1.54, 1.807) is 0 Å². The van der Waals surface area contributed by atoms with Crippen LogP contribution in [0.5, 0.6) is 0 Å². The van der Waals surface area contributed by atoms with Crippen LogP contribution in [0.4, 0.5) is 0 Å². The monoisotopic (exact) mass is 456 g/mol. The average molecular weight is 457 g/mol. The second kappa shape index (κ2) is 8.37. The van der Waals surface area contributed by atoms with Gasteiger partial charge in [-0.15, -0.1) is 0 Å². The normalized spacial score (nSPS) is 12.6. The maximum atomic E-state index is 12.3. The molecular weight excluding hydrogens is 439 g/mol. The van der Waals surface area contributed by atoms with Gasteiger partial charge in [-0.25, -0.2) is 8.42 Å². The number of hydrogen-bond donors (Lipinski definition) is 0. The van der Waals surface area contributed by atoms with Crippen LogP contribution < -0.4 is 4.80 Å². The Hall–Kier alpha value is -1.67. The lowest BCUT2D eigenvalue weighted by Crippen LogP contribution is -2.14. The van der Waals surface area contributed by atoms with Gasteiger partial charge in [0.15, 0.2) is 14.6 Å². The van der Waals surface area contributed by atoms with Crippen molar-refractivity contribution < 1.29 is 13.2 Å². The van der Waals surface area contributed by atoms with Gasteiger partial charge in [-0.1, -0.05) is 34.5 Å². The Morgan fingerprint density at radius 1 is 1.14 bits per heavy atom. The molecule has 0 N–H and O–H groups in total. The summed E-state index contributed by atoms with van der Waals surface area (Å²) in [6, 6.07) is 9.72. The SMILES string of the molecule is Cc1c(Cl)ccc2sc(=NC(=O)CCCS(=O)(=O)c3ccc(Cl)cc3)n(C)c12. The van der Waals surface area contributed by atoms with Gasteiger partial charge < -0.3 is 4.57 Å². The summed E-state index contributed by atoms with van der Waals surface area (Å²) in [4.78, 5) is 17.2. The Labute approximate surface area is 177 Å². The number of halogens is 2. The van der Waals surface area contributed by atoms with E-state index in [-0.39, 0.29) is 29.4 Å². The van der Waals surface area contributed by atoms with Crippen LogP contribution in [-0.2, 0) is 21.7 Å². The number of nitrogens with zero attached hydrogens (tertiary/aromatic N) is 2. The number of aromatic nitrogens is 1. The minimum Gasteiger partial charge on any atom is -0.319 e. The molecule has 0 unspecified atom stereocenters. The maximum absolute atomic E-state index is 12.3. The second-order valence-corrected chi connectivity index (χ2v) is 10.3. The molecule has 3 aromatic rings. The van der Waals surface area contributed by atoms with Crippen LogP contribution in [0.25, 0.3) is 10.2 Å². The lowest BCUT2D eigenvalue weighted by atomic mass is 10.2. The molecule has 0 spiro atoms. The van der Waals surface area contributed by atoms with Crippen molar-refractivity contribution in [2.75, 3.05) is 5.75 Å². The molecule has 0 saturated heterocycles. The van der Waals surface area contributed by atoms with Gasteiger partial charge in [0.2, 0.25) is 5.91 Å². The van der Waals surface area contributed by atoms with Crippen LogP contribution in [0.3, 0.4) is 0 Å². The number of amides is 1. The van der Waals surface area contributed by atoms with Crippen LogP contribution >= 0.6 is 34.5 Å². The van der Waals surface area contributed by atoms with E-state index < -0.39 is 9.84 Å². The third-order valence-electron chi connectivity index (χ3n) is 4.35. The third-order valence-corrected chi connectivity index (χ3v) is 7.92. The molecular formula is C19H18Cl2N2O3S2. The summed E-state index contributed by atoms with van der Waals surface area (Å²) in [6.07, 6.45) is 0.258. The lowest BCUT2D eigenvalue weighted by Gasteiger charge is -2.03. The number of sulfone groups is 1. The Morgan fingerprint density at radius 2 is 1.82 bits per heavy atom. The number of thiazole rings is 1. The van der Waals surface area contributed by atoms with Crippen LogP contribution in [0, 0.1) is 6.92 Å². The number of rotatable bonds is 5. The van der Waals surface area contributed by atoms with Crippen LogP contribution in [0.15, 0.2) is 46.3 Å². The van der Waals surface area contributed by atoms with E-state index in [4.69, 9.17) is 23.2 Å².